The average molecular weight is 594 g/mol. The molecule has 0 amide bonds. The van der Waals surface area contributed by atoms with Crippen molar-refractivity contribution in [3.8, 4) is 11.5 Å². The third kappa shape index (κ3) is 9.24. The number of aromatic hydroxyl groups is 1. The van der Waals surface area contributed by atoms with Crippen molar-refractivity contribution in [2.75, 3.05) is 32.7 Å². The molecule has 1 aromatic carbocycles. The summed E-state index contributed by atoms with van der Waals surface area (Å²) in [6, 6.07) is 4.94. The minimum absolute atomic E-state index is 0.110. The van der Waals surface area contributed by atoms with Gasteiger partial charge < -0.3 is 19.3 Å². The highest BCUT2D eigenvalue weighted by molar-refractivity contribution is 7.59. The van der Waals surface area contributed by atoms with Gasteiger partial charge in [-0.15, -0.1) is 0 Å². The van der Waals surface area contributed by atoms with E-state index in [9.17, 15) is 19.3 Å². The Labute approximate surface area is 240 Å². The average Bonchev–Trinajstić information content (AvgIpc) is 2.96. The number of rotatable bonds is 14. The van der Waals surface area contributed by atoms with Gasteiger partial charge in [0, 0.05) is 18.0 Å². The van der Waals surface area contributed by atoms with Crippen LogP contribution in [-0.2, 0) is 30.0 Å². The molecule has 0 bridgehead atoms. The fraction of sp³-hybridized carbons (Fsp3) is 0.552. The summed E-state index contributed by atoms with van der Waals surface area (Å²) in [6.45, 7) is 6.26. The zero-order valence-corrected chi connectivity index (χ0v) is 25.2. The Morgan fingerprint density at radius 1 is 1.05 bits per heavy atom. The maximum absolute atomic E-state index is 15.5. The van der Waals surface area contributed by atoms with Gasteiger partial charge in [-0.1, -0.05) is 19.3 Å². The maximum atomic E-state index is 15.5. The topological polar surface area (TPSA) is 136 Å². The van der Waals surface area contributed by atoms with Crippen molar-refractivity contribution in [3.63, 3.8) is 0 Å². The maximum Gasteiger partial charge on any atom is 0.320 e. The Morgan fingerprint density at radius 3 is 2.24 bits per heavy atom. The molecule has 0 aliphatic heterocycles. The van der Waals surface area contributed by atoms with Crippen molar-refractivity contribution in [1.29, 1.82) is 0 Å². The Hall–Kier alpha value is -3.01. The van der Waals surface area contributed by atoms with Crippen LogP contribution in [-0.4, -0.2) is 54.7 Å². The van der Waals surface area contributed by atoms with Crippen molar-refractivity contribution in [2.45, 2.75) is 72.1 Å². The summed E-state index contributed by atoms with van der Waals surface area (Å²) < 4.78 is 44.4. The molecule has 1 saturated carbocycles. The Kier molecular flexibility index (Phi) is 12.1. The molecule has 0 spiro atoms. The molecule has 1 heterocycles. The van der Waals surface area contributed by atoms with Crippen LogP contribution in [0, 0.1) is 19.7 Å². The molecule has 2 aromatic rings. The Morgan fingerprint density at radius 2 is 1.66 bits per heavy atom. The van der Waals surface area contributed by atoms with E-state index in [1.54, 1.807) is 32.9 Å². The molecule has 1 aromatic heterocycles. The van der Waals surface area contributed by atoms with Gasteiger partial charge in [-0.25, -0.2) is 14.6 Å². The number of ether oxygens (including phenoxy) is 3. The monoisotopic (exact) mass is 593 g/mol. The highest BCUT2D eigenvalue weighted by atomic mass is 31.2. The van der Waals surface area contributed by atoms with E-state index >= 15 is 4.39 Å². The number of aryl methyl sites for hydroxylation is 1. The Bertz CT molecular complexity index is 1240. The van der Waals surface area contributed by atoms with Crippen LogP contribution in [0.1, 0.15) is 79.9 Å². The minimum atomic E-state index is -3.70. The Balaban J connectivity index is 1.77. The largest absolute Gasteiger partial charge is 0.506 e. The lowest BCUT2D eigenvalue weighted by atomic mass is 9.86. The predicted octanol–water partition coefficient (Wildman–Crippen LogP) is 5.02. The lowest BCUT2D eigenvalue weighted by Crippen LogP contribution is -2.34. The molecule has 1 aliphatic rings. The molecule has 0 radical (unpaired) electrons. The van der Waals surface area contributed by atoms with Crippen LogP contribution in [0.25, 0.3) is 0 Å². The third-order valence-electron chi connectivity index (χ3n) is 7.10. The van der Waals surface area contributed by atoms with E-state index < -0.39 is 44.6 Å². The SMILES string of the molecule is CCOC(=O)CNP(=O)(COc1cc(C)c(Cc2ccc(O)c(C3CCCCC3)n2)c(C)c1F)NCC(=O)OCC. The molecule has 1 fully saturated rings. The lowest BCUT2D eigenvalue weighted by molar-refractivity contribution is -0.142. The molecule has 3 N–H and O–H groups in total. The first-order chi connectivity index (χ1) is 19.6. The van der Waals surface area contributed by atoms with Crippen LogP contribution >= 0.6 is 7.44 Å². The van der Waals surface area contributed by atoms with E-state index in [1.807, 2.05) is 6.92 Å². The number of esters is 2. The van der Waals surface area contributed by atoms with Gasteiger partial charge in [-0.2, -0.15) is 0 Å². The van der Waals surface area contributed by atoms with Gasteiger partial charge >= 0.3 is 11.9 Å². The summed E-state index contributed by atoms with van der Waals surface area (Å²) in [5.41, 5.74) is 3.30. The second-order valence-electron chi connectivity index (χ2n) is 10.1. The third-order valence-corrected chi connectivity index (χ3v) is 8.93. The van der Waals surface area contributed by atoms with Gasteiger partial charge in [-0.3, -0.25) is 19.1 Å². The van der Waals surface area contributed by atoms with Crippen LogP contribution in [0.2, 0.25) is 0 Å². The summed E-state index contributed by atoms with van der Waals surface area (Å²) in [5, 5.41) is 15.6. The molecular weight excluding hydrogens is 552 g/mol. The van der Waals surface area contributed by atoms with Crippen LogP contribution in [0.15, 0.2) is 18.2 Å². The van der Waals surface area contributed by atoms with E-state index in [1.165, 1.54) is 12.5 Å². The highest BCUT2D eigenvalue weighted by Crippen LogP contribution is 2.39. The molecule has 1 aliphatic carbocycles. The van der Waals surface area contributed by atoms with Gasteiger partial charge in [0.25, 0.3) is 0 Å². The normalized spacial score (nSPS) is 14.1. The number of pyridine rings is 1. The molecule has 41 heavy (non-hydrogen) atoms. The van der Waals surface area contributed by atoms with Crippen LogP contribution in [0.3, 0.4) is 0 Å². The zero-order valence-electron chi connectivity index (χ0n) is 24.3. The summed E-state index contributed by atoms with van der Waals surface area (Å²) in [6.07, 6.45) is 5.25. The number of nitrogens with zero attached hydrogens (tertiary/aromatic N) is 1. The molecular formula is C29H41FN3O7P. The number of halogens is 1. The van der Waals surface area contributed by atoms with E-state index in [-0.39, 0.29) is 30.6 Å². The van der Waals surface area contributed by atoms with Crippen molar-refractivity contribution < 1.29 is 37.9 Å². The van der Waals surface area contributed by atoms with Gasteiger partial charge in [0.05, 0.1) is 18.9 Å². The van der Waals surface area contributed by atoms with Gasteiger partial charge in [0.15, 0.2) is 17.9 Å². The standard InChI is InChI=1S/C29H41FN3O7P/c1-5-38-26(35)16-31-41(37,32-17-27(36)39-6-2)18-40-25-14-19(3)23(20(4)28(25)30)15-22-12-13-24(34)29(33-22)21-10-8-7-9-11-21/h12-14,21,34H,5-11,15-18H2,1-4H3,(H2,31,32,37). The van der Waals surface area contributed by atoms with Crippen LogP contribution < -0.4 is 14.9 Å². The number of benzene rings is 1. The summed E-state index contributed by atoms with van der Waals surface area (Å²) in [5.74, 6) is -1.57. The van der Waals surface area contributed by atoms with Crippen LogP contribution in [0.5, 0.6) is 11.5 Å². The molecule has 10 nitrogen and oxygen atoms in total. The van der Waals surface area contributed by atoms with E-state index in [2.05, 4.69) is 10.2 Å². The number of carbonyl (C=O) groups excluding carboxylic acids is 2. The van der Waals surface area contributed by atoms with Crippen molar-refractivity contribution in [1.82, 2.24) is 15.2 Å². The fourth-order valence-corrected chi connectivity index (χ4v) is 6.30. The van der Waals surface area contributed by atoms with Gasteiger partial charge in [0.2, 0.25) is 7.44 Å². The predicted molar refractivity (Wildman–Crippen MR) is 153 cm³/mol. The summed E-state index contributed by atoms with van der Waals surface area (Å²) in [4.78, 5) is 28.4. The summed E-state index contributed by atoms with van der Waals surface area (Å²) in [7, 11) is -3.70. The lowest BCUT2D eigenvalue weighted by Gasteiger charge is -2.23. The van der Waals surface area contributed by atoms with E-state index in [4.69, 9.17) is 19.2 Å². The van der Waals surface area contributed by atoms with Gasteiger partial charge in [-0.05, 0) is 75.4 Å². The smallest absolute Gasteiger partial charge is 0.320 e. The van der Waals surface area contributed by atoms with Gasteiger partial charge in [0.1, 0.15) is 18.8 Å². The van der Waals surface area contributed by atoms with Crippen molar-refractivity contribution in [3.05, 3.63) is 52.1 Å². The number of aromatic nitrogens is 1. The first-order valence-electron chi connectivity index (χ1n) is 14.1. The minimum Gasteiger partial charge on any atom is -0.506 e. The second kappa shape index (κ2) is 15.3. The van der Waals surface area contributed by atoms with E-state index in [0.29, 0.717) is 17.7 Å². The second-order valence-corrected chi connectivity index (χ2v) is 12.5. The van der Waals surface area contributed by atoms with Crippen LogP contribution in [0.4, 0.5) is 4.39 Å². The molecule has 3 rings (SSSR count). The zero-order chi connectivity index (χ0) is 30.0. The molecule has 0 unspecified atom stereocenters. The molecule has 12 heteroatoms. The number of carbonyl (C=O) groups is 2. The quantitative estimate of drug-likeness (QED) is 0.202. The fourth-order valence-electron chi connectivity index (χ4n) is 4.92. The molecule has 0 saturated heterocycles. The van der Waals surface area contributed by atoms with Crippen molar-refractivity contribution in [2.24, 2.45) is 0 Å². The number of nitrogens with one attached hydrogen (secondary N) is 2. The number of hydrogen-bond donors (Lipinski definition) is 3. The van der Waals surface area contributed by atoms with Crippen molar-refractivity contribution >= 4 is 19.4 Å². The van der Waals surface area contributed by atoms with E-state index in [0.717, 1.165) is 42.5 Å². The molecule has 0 atom stereocenters. The molecule has 226 valence electrons. The first-order valence-corrected chi connectivity index (χ1v) is 16.0. The first kappa shape index (κ1) is 32.5. The highest BCUT2D eigenvalue weighted by Gasteiger charge is 2.27. The summed E-state index contributed by atoms with van der Waals surface area (Å²) >= 11 is 0. The number of hydrogen-bond acceptors (Lipinski definition) is 8.